The van der Waals surface area contributed by atoms with E-state index in [9.17, 15) is 10.4 Å². The van der Waals surface area contributed by atoms with Crippen LogP contribution in [-0.4, -0.2) is 23.3 Å². The summed E-state index contributed by atoms with van der Waals surface area (Å²) in [6.07, 6.45) is 2.29. The Morgan fingerprint density at radius 3 is 3.13 bits per heavy atom. The van der Waals surface area contributed by atoms with Crippen molar-refractivity contribution >= 4 is 11.3 Å². The average Bonchev–Trinajstić information content (AvgIpc) is 2.82. The van der Waals surface area contributed by atoms with E-state index in [4.69, 9.17) is 4.74 Å². The second kappa shape index (κ2) is 4.27. The number of aromatic nitrogens is 1. The lowest BCUT2D eigenvalue weighted by Gasteiger charge is -2.33. The summed E-state index contributed by atoms with van der Waals surface area (Å²) >= 11 is 1.37. The Bertz CT molecular complexity index is 352. The third kappa shape index (κ3) is 1.88. The van der Waals surface area contributed by atoms with Crippen molar-refractivity contribution < 1.29 is 9.84 Å². The van der Waals surface area contributed by atoms with Gasteiger partial charge in [0.05, 0.1) is 12.7 Å². The molecule has 2 rings (SSSR count). The van der Waals surface area contributed by atoms with Crippen LogP contribution in [0.3, 0.4) is 0 Å². The van der Waals surface area contributed by atoms with Crippen molar-refractivity contribution in [1.29, 1.82) is 5.26 Å². The molecule has 1 N–H and O–H groups in total. The van der Waals surface area contributed by atoms with Gasteiger partial charge in [0, 0.05) is 18.2 Å². The number of rotatable bonds is 2. The number of hydrogen-bond donors (Lipinski definition) is 1. The van der Waals surface area contributed by atoms with E-state index >= 15 is 0 Å². The summed E-state index contributed by atoms with van der Waals surface area (Å²) in [6.45, 7) is 0.971. The van der Waals surface area contributed by atoms with Gasteiger partial charge >= 0.3 is 0 Å². The fourth-order valence-electron chi connectivity index (χ4n) is 1.79. The second-order valence-corrected chi connectivity index (χ2v) is 4.62. The zero-order chi connectivity index (χ0) is 10.7. The maximum absolute atomic E-state index is 10.1. The quantitative estimate of drug-likeness (QED) is 0.826. The molecule has 2 atom stereocenters. The van der Waals surface area contributed by atoms with E-state index in [2.05, 4.69) is 11.1 Å². The van der Waals surface area contributed by atoms with Crippen LogP contribution in [0.15, 0.2) is 11.6 Å². The van der Waals surface area contributed by atoms with E-state index in [0.29, 0.717) is 24.6 Å². The van der Waals surface area contributed by atoms with Gasteiger partial charge in [-0.15, -0.1) is 11.3 Å². The zero-order valence-electron chi connectivity index (χ0n) is 8.22. The van der Waals surface area contributed by atoms with Gasteiger partial charge in [0.15, 0.2) is 0 Å². The van der Waals surface area contributed by atoms with Gasteiger partial charge < -0.3 is 9.84 Å². The van der Waals surface area contributed by atoms with E-state index in [1.165, 1.54) is 11.3 Å². The Morgan fingerprint density at radius 2 is 2.60 bits per heavy atom. The zero-order valence-corrected chi connectivity index (χ0v) is 9.04. The van der Waals surface area contributed by atoms with Crippen LogP contribution in [0.5, 0.6) is 0 Å². The van der Waals surface area contributed by atoms with E-state index in [1.807, 2.05) is 0 Å². The third-order valence-corrected chi connectivity index (χ3v) is 3.53. The fourth-order valence-corrected chi connectivity index (χ4v) is 2.52. The molecule has 2 heterocycles. The highest BCUT2D eigenvalue weighted by Crippen LogP contribution is 2.40. The average molecular weight is 224 g/mol. The lowest BCUT2D eigenvalue weighted by Crippen LogP contribution is -2.36. The molecule has 0 amide bonds. The first-order chi connectivity index (χ1) is 7.28. The minimum absolute atomic E-state index is 0.296. The van der Waals surface area contributed by atoms with Crippen LogP contribution in [0.25, 0.3) is 0 Å². The van der Waals surface area contributed by atoms with Gasteiger partial charge in [0.1, 0.15) is 16.5 Å². The van der Waals surface area contributed by atoms with Crippen molar-refractivity contribution in [3.05, 3.63) is 16.6 Å². The molecule has 1 aromatic rings. The normalized spacial score (nSPS) is 28.3. The highest BCUT2D eigenvalue weighted by molar-refractivity contribution is 7.09. The molecule has 15 heavy (non-hydrogen) atoms. The maximum atomic E-state index is 10.1. The summed E-state index contributed by atoms with van der Waals surface area (Å²) in [6, 6.07) is 2.20. The third-order valence-electron chi connectivity index (χ3n) is 2.70. The lowest BCUT2D eigenvalue weighted by molar-refractivity contribution is -0.0506. The fraction of sp³-hybridized carbons (Fsp3) is 0.600. The summed E-state index contributed by atoms with van der Waals surface area (Å²) < 4.78 is 5.29. The molecule has 0 bridgehead atoms. The van der Waals surface area contributed by atoms with Crippen LogP contribution in [0.2, 0.25) is 0 Å². The lowest BCUT2D eigenvalue weighted by atomic mass is 9.79. The van der Waals surface area contributed by atoms with Crippen molar-refractivity contribution in [3.63, 3.8) is 0 Å². The molecule has 1 saturated heterocycles. The topological polar surface area (TPSA) is 66.1 Å². The number of aliphatic hydroxyl groups excluding tert-OH is 1. The van der Waals surface area contributed by atoms with E-state index in [-0.39, 0.29) is 0 Å². The number of aliphatic hydroxyl groups is 1. The van der Waals surface area contributed by atoms with Crippen LogP contribution in [0, 0.1) is 16.7 Å². The van der Waals surface area contributed by atoms with E-state index < -0.39 is 11.5 Å². The van der Waals surface area contributed by atoms with E-state index in [0.717, 1.165) is 6.42 Å². The van der Waals surface area contributed by atoms with Gasteiger partial charge in [0.25, 0.3) is 0 Å². The van der Waals surface area contributed by atoms with Crippen LogP contribution in [-0.2, 0) is 4.74 Å². The number of nitriles is 1. The van der Waals surface area contributed by atoms with Crippen molar-refractivity contribution in [2.45, 2.75) is 18.9 Å². The first-order valence-electron chi connectivity index (χ1n) is 4.85. The summed E-state index contributed by atoms with van der Waals surface area (Å²) in [5, 5.41) is 21.7. The first-order valence-corrected chi connectivity index (χ1v) is 5.73. The molecule has 0 radical (unpaired) electrons. The molecule has 0 saturated carbocycles. The molecule has 0 spiro atoms. The molecule has 0 aliphatic carbocycles. The predicted molar refractivity (Wildman–Crippen MR) is 55.2 cm³/mol. The Morgan fingerprint density at radius 1 is 1.73 bits per heavy atom. The number of thiazole rings is 1. The van der Waals surface area contributed by atoms with Crippen LogP contribution in [0.1, 0.15) is 24.0 Å². The molecule has 1 fully saturated rings. The molecule has 80 valence electrons. The van der Waals surface area contributed by atoms with Gasteiger partial charge in [-0.25, -0.2) is 4.98 Å². The minimum atomic E-state index is -0.831. The molecule has 4 nitrogen and oxygen atoms in total. The molecule has 1 aromatic heterocycles. The number of ether oxygens (including phenoxy) is 1. The second-order valence-electron chi connectivity index (χ2n) is 3.70. The van der Waals surface area contributed by atoms with Crippen LogP contribution >= 0.6 is 11.3 Å². The van der Waals surface area contributed by atoms with Crippen molar-refractivity contribution in [2.24, 2.45) is 5.41 Å². The first kappa shape index (κ1) is 10.6. The molecular weight excluding hydrogens is 212 g/mol. The highest BCUT2D eigenvalue weighted by atomic mass is 32.1. The van der Waals surface area contributed by atoms with Crippen LogP contribution < -0.4 is 0 Å². The Labute approximate surface area is 92.1 Å². The van der Waals surface area contributed by atoms with Crippen molar-refractivity contribution in [1.82, 2.24) is 4.98 Å². The summed E-state index contributed by atoms with van der Waals surface area (Å²) in [5.74, 6) is 0. The summed E-state index contributed by atoms with van der Waals surface area (Å²) in [4.78, 5) is 4.05. The van der Waals surface area contributed by atoms with Gasteiger partial charge in [-0.2, -0.15) is 5.26 Å². The molecular formula is C10H12N2O2S. The Balaban J connectivity index is 2.23. The van der Waals surface area contributed by atoms with Crippen LogP contribution in [0.4, 0.5) is 0 Å². The number of hydrogen-bond acceptors (Lipinski definition) is 5. The predicted octanol–water partition coefficient (Wildman–Crippen LogP) is 1.50. The molecule has 0 aromatic carbocycles. The summed E-state index contributed by atoms with van der Waals surface area (Å²) in [5.41, 5.74) is -0.809. The largest absolute Gasteiger partial charge is 0.384 e. The monoisotopic (exact) mass is 224 g/mol. The molecule has 1 aliphatic rings. The van der Waals surface area contributed by atoms with Crippen molar-refractivity contribution in [3.8, 4) is 6.07 Å². The standard InChI is InChI=1S/C10H12N2O2S/c11-6-10(2-1-4-14-7-10)8(13)9-12-3-5-15-9/h3,5,8,13H,1-2,4,7H2. The SMILES string of the molecule is N#CC1(C(O)c2nccs2)CCCOC1. The van der Waals surface area contributed by atoms with Gasteiger partial charge in [0.2, 0.25) is 0 Å². The number of nitrogens with zero attached hydrogens (tertiary/aromatic N) is 2. The van der Waals surface area contributed by atoms with Crippen molar-refractivity contribution in [2.75, 3.05) is 13.2 Å². The summed E-state index contributed by atoms with van der Waals surface area (Å²) in [7, 11) is 0. The minimum Gasteiger partial charge on any atom is -0.384 e. The van der Waals surface area contributed by atoms with Gasteiger partial charge in [-0.1, -0.05) is 0 Å². The highest BCUT2D eigenvalue weighted by Gasteiger charge is 2.42. The Hall–Kier alpha value is -0.960. The van der Waals surface area contributed by atoms with Gasteiger partial charge in [-0.3, -0.25) is 0 Å². The van der Waals surface area contributed by atoms with Gasteiger partial charge in [-0.05, 0) is 12.8 Å². The molecule has 5 heteroatoms. The maximum Gasteiger partial charge on any atom is 0.126 e. The smallest absolute Gasteiger partial charge is 0.126 e. The van der Waals surface area contributed by atoms with E-state index in [1.54, 1.807) is 11.6 Å². The molecule has 2 unspecified atom stereocenters. The Kier molecular flexibility index (Phi) is 3.00. The molecule has 1 aliphatic heterocycles.